The molecular weight excluding hydrogens is 377 g/mol. The zero-order valence-electron chi connectivity index (χ0n) is 15.7. The molecule has 3 aromatic rings. The van der Waals surface area contributed by atoms with Gasteiger partial charge in [0.05, 0.1) is 49.5 Å². The quantitative estimate of drug-likeness (QED) is 0.665. The van der Waals surface area contributed by atoms with E-state index in [1.165, 1.54) is 0 Å². The molecule has 0 aromatic carbocycles. The van der Waals surface area contributed by atoms with Crippen molar-refractivity contribution < 1.29 is 13.9 Å². The Labute approximate surface area is 165 Å². The Balaban J connectivity index is 1.36. The SMILES string of the molecule is COc1cncc(N2Cc3nn(-c4ccc(N5CC[C@H](F)C5)nn4)cc3C2=O)c1. The van der Waals surface area contributed by atoms with E-state index in [0.717, 1.165) is 0 Å². The minimum Gasteiger partial charge on any atom is -0.495 e. The van der Waals surface area contributed by atoms with Crippen molar-refractivity contribution in [1.82, 2.24) is 25.0 Å². The normalized spacial score (nSPS) is 18.4. The Kier molecular flexibility index (Phi) is 4.11. The lowest BCUT2D eigenvalue weighted by molar-refractivity contribution is 0.0996. The zero-order chi connectivity index (χ0) is 20.0. The van der Waals surface area contributed by atoms with Crippen LogP contribution in [-0.4, -0.2) is 57.2 Å². The Morgan fingerprint density at radius 2 is 2.03 bits per heavy atom. The van der Waals surface area contributed by atoms with Gasteiger partial charge in [-0.3, -0.25) is 9.78 Å². The summed E-state index contributed by atoms with van der Waals surface area (Å²) < 4.78 is 20.1. The first-order chi connectivity index (χ1) is 14.1. The smallest absolute Gasteiger partial charge is 0.262 e. The van der Waals surface area contributed by atoms with Crippen molar-refractivity contribution in [2.24, 2.45) is 0 Å². The van der Waals surface area contributed by atoms with Crippen molar-refractivity contribution in [3.63, 3.8) is 0 Å². The number of methoxy groups -OCH3 is 1. The molecule has 1 amide bonds. The number of pyridine rings is 1. The second kappa shape index (κ2) is 6.80. The van der Waals surface area contributed by atoms with Gasteiger partial charge in [-0.25, -0.2) is 9.07 Å². The van der Waals surface area contributed by atoms with Gasteiger partial charge in [-0.2, -0.15) is 5.10 Å². The number of hydrogen-bond acceptors (Lipinski definition) is 7. The Bertz CT molecular complexity index is 1070. The highest BCUT2D eigenvalue weighted by atomic mass is 19.1. The molecule has 5 heterocycles. The fraction of sp³-hybridized carbons (Fsp3) is 0.316. The van der Waals surface area contributed by atoms with E-state index in [2.05, 4.69) is 20.3 Å². The number of carbonyl (C=O) groups is 1. The number of alkyl halides is 1. The van der Waals surface area contributed by atoms with Crippen molar-refractivity contribution in [3.05, 3.63) is 48.0 Å². The average Bonchev–Trinajstić information content (AvgIpc) is 3.44. The molecule has 1 saturated heterocycles. The molecule has 2 aliphatic rings. The van der Waals surface area contributed by atoms with Crippen LogP contribution in [0.15, 0.2) is 36.8 Å². The molecule has 0 bridgehead atoms. The lowest BCUT2D eigenvalue weighted by Gasteiger charge is -2.16. The maximum atomic E-state index is 13.4. The lowest BCUT2D eigenvalue weighted by Crippen LogP contribution is -2.24. The summed E-state index contributed by atoms with van der Waals surface area (Å²) in [4.78, 5) is 20.4. The summed E-state index contributed by atoms with van der Waals surface area (Å²) in [6.07, 6.45) is 4.55. The van der Waals surface area contributed by atoms with E-state index in [1.807, 2.05) is 4.90 Å². The molecule has 1 atom stereocenters. The zero-order valence-corrected chi connectivity index (χ0v) is 15.7. The largest absolute Gasteiger partial charge is 0.495 e. The highest BCUT2D eigenvalue weighted by Gasteiger charge is 2.32. The van der Waals surface area contributed by atoms with E-state index in [-0.39, 0.29) is 5.91 Å². The van der Waals surface area contributed by atoms with Gasteiger partial charge in [0.15, 0.2) is 11.6 Å². The van der Waals surface area contributed by atoms with Crippen LogP contribution in [0.25, 0.3) is 5.82 Å². The van der Waals surface area contributed by atoms with E-state index in [4.69, 9.17) is 4.74 Å². The Morgan fingerprint density at radius 3 is 2.72 bits per heavy atom. The van der Waals surface area contributed by atoms with E-state index in [0.29, 0.717) is 60.4 Å². The molecule has 0 saturated carbocycles. The monoisotopic (exact) mass is 395 g/mol. The second-order valence-corrected chi connectivity index (χ2v) is 6.99. The summed E-state index contributed by atoms with van der Waals surface area (Å²) in [7, 11) is 1.55. The fourth-order valence-electron chi connectivity index (χ4n) is 3.60. The van der Waals surface area contributed by atoms with Crippen LogP contribution in [0, 0.1) is 0 Å². The molecule has 0 N–H and O–H groups in total. The third-order valence-corrected chi connectivity index (χ3v) is 5.15. The van der Waals surface area contributed by atoms with E-state index in [9.17, 15) is 9.18 Å². The Hall–Kier alpha value is -3.56. The van der Waals surface area contributed by atoms with Gasteiger partial charge in [0.2, 0.25) is 0 Å². The van der Waals surface area contributed by atoms with Crippen molar-refractivity contribution in [2.45, 2.75) is 19.1 Å². The van der Waals surface area contributed by atoms with Gasteiger partial charge in [-0.15, -0.1) is 10.2 Å². The first-order valence-electron chi connectivity index (χ1n) is 9.25. The minimum absolute atomic E-state index is 0.156. The molecule has 29 heavy (non-hydrogen) atoms. The van der Waals surface area contributed by atoms with Gasteiger partial charge < -0.3 is 14.5 Å². The number of rotatable bonds is 4. The number of nitrogens with zero attached hydrogens (tertiary/aromatic N) is 7. The molecule has 0 radical (unpaired) electrons. The summed E-state index contributed by atoms with van der Waals surface area (Å²) in [5.41, 5.74) is 1.82. The van der Waals surface area contributed by atoms with Crippen LogP contribution in [0.2, 0.25) is 0 Å². The van der Waals surface area contributed by atoms with Gasteiger partial charge in [0.25, 0.3) is 5.91 Å². The third kappa shape index (κ3) is 3.06. The van der Waals surface area contributed by atoms with Crippen molar-refractivity contribution in [3.8, 4) is 11.6 Å². The predicted molar refractivity (Wildman–Crippen MR) is 102 cm³/mol. The number of anilines is 2. The maximum absolute atomic E-state index is 13.4. The van der Waals surface area contributed by atoms with Gasteiger partial charge in [-0.05, 0) is 18.6 Å². The molecule has 2 aliphatic heterocycles. The predicted octanol–water partition coefficient (Wildman–Crippen LogP) is 1.77. The number of ether oxygens (including phenoxy) is 1. The highest BCUT2D eigenvalue weighted by molar-refractivity contribution is 6.09. The lowest BCUT2D eigenvalue weighted by atomic mass is 10.3. The van der Waals surface area contributed by atoms with Crippen molar-refractivity contribution in [2.75, 3.05) is 30.0 Å². The minimum atomic E-state index is -0.820. The molecule has 1 fully saturated rings. The number of carbonyl (C=O) groups excluding carboxylic acids is 1. The first kappa shape index (κ1) is 17.5. The van der Waals surface area contributed by atoms with E-state index < -0.39 is 6.17 Å². The molecule has 10 heteroatoms. The number of fused-ring (bicyclic) bond motifs is 1. The summed E-state index contributed by atoms with van der Waals surface area (Å²) in [6.45, 7) is 1.31. The standard InChI is InChI=1S/C19H18FN7O2/c1-29-14-6-13(7-21-8-14)26-11-16-15(19(26)28)10-27(24-16)18-3-2-17(22-23-18)25-5-4-12(20)9-25/h2-3,6-8,10,12H,4-5,9,11H2,1H3/t12-/m0/s1. The first-order valence-corrected chi connectivity index (χ1v) is 9.25. The second-order valence-electron chi connectivity index (χ2n) is 6.99. The van der Waals surface area contributed by atoms with Crippen LogP contribution >= 0.6 is 0 Å². The third-order valence-electron chi connectivity index (χ3n) is 5.15. The van der Waals surface area contributed by atoms with Crippen molar-refractivity contribution in [1.29, 1.82) is 0 Å². The molecule has 5 rings (SSSR count). The molecular formula is C19H18FN7O2. The van der Waals surface area contributed by atoms with Crippen LogP contribution in [0.3, 0.4) is 0 Å². The van der Waals surface area contributed by atoms with Crippen LogP contribution in [0.5, 0.6) is 5.75 Å². The highest BCUT2D eigenvalue weighted by Crippen LogP contribution is 2.29. The van der Waals surface area contributed by atoms with E-state index >= 15 is 0 Å². The summed E-state index contributed by atoms with van der Waals surface area (Å²) in [5, 5.41) is 12.9. The Morgan fingerprint density at radius 1 is 1.21 bits per heavy atom. The van der Waals surface area contributed by atoms with Crippen LogP contribution < -0.4 is 14.5 Å². The fourth-order valence-corrected chi connectivity index (χ4v) is 3.60. The van der Waals surface area contributed by atoms with Crippen molar-refractivity contribution >= 4 is 17.4 Å². The number of amides is 1. The molecule has 148 valence electrons. The maximum Gasteiger partial charge on any atom is 0.262 e. The molecule has 0 unspecified atom stereocenters. The van der Waals surface area contributed by atoms with Gasteiger partial charge >= 0.3 is 0 Å². The van der Waals surface area contributed by atoms with Crippen LogP contribution in [-0.2, 0) is 6.54 Å². The number of aromatic nitrogens is 5. The number of hydrogen-bond donors (Lipinski definition) is 0. The summed E-state index contributed by atoms with van der Waals surface area (Å²) in [5.74, 6) is 1.57. The van der Waals surface area contributed by atoms with Gasteiger partial charge in [0.1, 0.15) is 11.9 Å². The topological polar surface area (TPSA) is 89.3 Å². The molecule has 0 aliphatic carbocycles. The van der Waals surface area contributed by atoms with Gasteiger partial charge in [-0.1, -0.05) is 0 Å². The van der Waals surface area contributed by atoms with Gasteiger partial charge in [0, 0.05) is 18.8 Å². The molecule has 0 spiro atoms. The molecule has 3 aromatic heterocycles. The summed E-state index contributed by atoms with van der Waals surface area (Å²) >= 11 is 0. The van der Waals surface area contributed by atoms with Crippen LogP contribution in [0.4, 0.5) is 15.9 Å². The van der Waals surface area contributed by atoms with E-state index in [1.54, 1.807) is 53.5 Å². The van der Waals surface area contributed by atoms with Crippen LogP contribution in [0.1, 0.15) is 22.5 Å². The average molecular weight is 395 g/mol. The number of halogens is 1. The molecule has 9 nitrogen and oxygen atoms in total. The summed E-state index contributed by atoms with van der Waals surface area (Å²) in [6, 6.07) is 5.32.